The molecule has 3 fully saturated rings. The monoisotopic (exact) mass is 386 g/mol. The van der Waals surface area contributed by atoms with Crippen LogP contribution in [0.25, 0.3) is 0 Å². The normalized spacial score (nSPS) is 35.6. The molecule has 0 aliphatic heterocycles. The number of fused-ring (bicyclic) bond motifs is 1. The highest BCUT2D eigenvalue weighted by molar-refractivity contribution is 6.09. The van der Waals surface area contributed by atoms with Gasteiger partial charge in [0.1, 0.15) is 0 Å². The number of hydrogen-bond acceptors (Lipinski definition) is 6. The van der Waals surface area contributed by atoms with Gasteiger partial charge in [0.05, 0.1) is 26.9 Å². The molecular weight excluding hydrogens is 360 g/mol. The number of esters is 2. The van der Waals surface area contributed by atoms with Gasteiger partial charge in [0.15, 0.2) is 11.2 Å². The minimum Gasteiger partial charge on any atom is -0.469 e. The van der Waals surface area contributed by atoms with Crippen LogP contribution in [0.5, 0.6) is 0 Å². The molecule has 0 amide bonds. The van der Waals surface area contributed by atoms with E-state index in [-0.39, 0.29) is 41.8 Å². The van der Waals surface area contributed by atoms with Crippen LogP contribution < -0.4 is 0 Å². The van der Waals surface area contributed by atoms with Gasteiger partial charge in [-0.1, -0.05) is 30.3 Å². The topological polar surface area (TPSA) is 78.9 Å². The third kappa shape index (κ3) is 2.69. The zero-order valence-corrected chi connectivity index (χ0v) is 16.3. The van der Waals surface area contributed by atoms with Crippen LogP contribution in [-0.2, 0) is 35.2 Å². The minimum absolute atomic E-state index is 0.0437. The van der Waals surface area contributed by atoms with Crippen LogP contribution in [0.15, 0.2) is 30.3 Å². The number of rotatable bonds is 6. The van der Waals surface area contributed by atoms with E-state index in [4.69, 9.17) is 14.2 Å². The van der Waals surface area contributed by atoms with Crippen molar-refractivity contribution in [1.82, 2.24) is 0 Å². The Balaban J connectivity index is 1.61. The van der Waals surface area contributed by atoms with Crippen LogP contribution in [-0.4, -0.2) is 38.0 Å². The van der Waals surface area contributed by atoms with Crippen molar-refractivity contribution in [3.63, 3.8) is 0 Å². The Morgan fingerprint density at radius 2 is 1.86 bits per heavy atom. The maximum absolute atomic E-state index is 13.5. The van der Waals surface area contributed by atoms with Gasteiger partial charge in [0, 0.05) is 12.3 Å². The molecule has 1 aromatic carbocycles. The number of ketones is 1. The van der Waals surface area contributed by atoms with E-state index < -0.39 is 17.5 Å². The van der Waals surface area contributed by atoms with E-state index in [1.165, 1.54) is 14.2 Å². The molecule has 0 unspecified atom stereocenters. The van der Waals surface area contributed by atoms with E-state index in [2.05, 4.69) is 0 Å². The molecule has 0 aromatic heterocycles. The molecule has 0 saturated heterocycles. The van der Waals surface area contributed by atoms with Crippen molar-refractivity contribution in [2.45, 2.75) is 38.4 Å². The van der Waals surface area contributed by atoms with Crippen molar-refractivity contribution >= 4 is 17.7 Å². The van der Waals surface area contributed by atoms with Crippen LogP contribution in [0.3, 0.4) is 0 Å². The third-order valence-electron chi connectivity index (χ3n) is 7.14. The fourth-order valence-corrected chi connectivity index (χ4v) is 6.03. The number of ether oxygens (including phenoxy) is 3. The van der Waals surface area contributed by atoms with E-state index in [0.717, 1.165) is 12.0 Å². The fraction of sp³-hybridized carbons (Fsp3) is 0.591. The molecule has 0 spiro atoms. The molecule has 3 aliphatic carbocycles. The summed E-state index contributed by atoms with van der Waals surface area (Å²) in [5.41, 5.74) is -0.229. The van der Waals surface area contributed by atoms with Gasteiger partial charge in [0.2, 0.25) is 0 Å². The molecule has 1 aromatic rings. The summed E-state index contributed by atoms with van der Waals surface area (Å²) in [7, 11) is 2.70. The number of benzene rings is 1. The van der Waals surface area contributed by atoms with E-state index in [1.54, 1.807) is 0 Å². The number of hydrogen-bond donors (Lipinski definition) is 0. The van der Waals surface area contributed by atoms with Gasteiger partial charge in [-0.3, -0.25) is 14.4 Å². The van der Waals surface area contributed by atoms with Crippen molar-refractivity contribution in [3.8, 4) is 0 Å². The molecule has 3 saturated carbocycles. The second kappa shape index (κ2) is 7.32. The standard InChI is InChI=1S/C22H26O6/c1-26-19(23)11-15-14-8-9-18(28-12-13-6-4-3-5-7-13)22(21(25)27-2)17(14)10-16(15)20(22)24/h3-7,14-18H,8-12H2,1-2H3/t14-,15-,16-,17+,18-,22-/m1/s1. The predicted octanol–water partition coefficient (Wildman–Crippen LogP) is 2.54. The molecular formula is C22H26O6. The van der Waals surface area contributed by atoms with E-state index in [1.807, 2.05) is 30.3 Å². The average molecular weight is 386 g/mol. The summed E-state index contributed by atoms with van der Waals surface area (Å²) in [4.78, 5) is 38.3. The first kappa shape index (κ1) is 19.1. The lowest BCUT2D eigenvalue weighted by atomic mass is 9.55. The van der Waals surface area contributed by atoms with Crippen molar-refractivity contribution in [1.29, 1.82) is 0 Å². The Kier molecular flexibility index (Phi) is 5.00. The molecule has 150 valence electrons. The van der Waals surface area contributed by atoms with Gasteiger partial charge >= 0.3 is 11.9 Å². The highest BCUT2D eigenvalue weighted by atomic mass is 16.5. The molecule has 6 heteroatoms. The van der Waals surface area contributed by atoms with Crippen LogP contribution >= 0.6 is 0 Å². The highest BCUT2D eigenvalue weighted by Crippen LogP contribution is 2.66. The fourth-order valence-electron chi connectivity index (χ4n) is 6.03. The van der Waals surface area contributed by atoms with Crippen molar-refractivity contribution in [2.24, 2.45) is 29.1 Å². The first-order chi connectivity index (χ1) is 13.5. The summed E-state index contributed by atoms with van der Waals surface area (Å²) in [6.45, 7) is 0.352. The molecule has 0 radical (unpaired) electrons. The zero-order chi connectivity index (χ0) is 19.9. The Morgan fingerprint density at radius 1 is 1.11 bits per heavy atom. The SMILES string of the molecule is COC(=O)C[C@@H]1[C@H]2CC[C@@H](OCc3ccccc3)[C@@]3(C(=O)OC)C(=O)[C@@H]1C[C@@H]23. The Labute approximate surface area is 164 Å². The van der Waals surface area contributed by atoms with Crippen LogP contribution in [0, 0.1) is 29.1 Å². The molecule has 2 bridgehead atoms. The van der Waals surface area contributed by atoms with Crippen molar-refractivity contribution in [2.75, 3.05) is 14.2 Å². The van der Waals surface area contributed by atoms with Crippen LogP contribution in [0.2, 0.25) is 0 Å². The first-order valence-corrected chi connectivity index (χ1v) is 9.89. The summed E-state index contributed by atoms with van der Waals surface area (Å²) in [5.74, 6) is -1.19. The summed E-state index contributed by atoms with van der Waals surface area (Å²) < 4.78 is 16.1. The zero-order valence-electron chi connectivity index (χ0n) is 16.3. The molecule has 0 N–H and O–H groups in total. The van der Waals surface area contributed by atoms with Crippen LogP contribution in [0.1, 0.15) is 31.2 Å². The summed E-state index contributed by atoms with van der Waals surface area (Å²) in [5, 5.41) is 0. The van der Waals surface area contributed by atoms with Gasteiger partial charge < -0.3 is 14.2 Å². The quantitative estimate of drug-likeness (QED) is 0.552. The molecule has 6 nitrogen and oxygen atoms in total. The van der Waals surface area contributed by atoms with Crippen molar-refractivity contribution in [3.05, 3.63) is 35.9 Å². The maximum atomic E-state index is 13.5. The number of Topliss-reactive ketones (excluding diaryl/α,β-unsaturated/α-hetero) is 1. The molecule has 0 heterocycles. The van der Waals surface area contributed by atoms with Crippen LogP contribution in [0.4, 0.5) is 0 Å². The van der Waals surface area contributed by atoms with Gasteiger partial charge in [-0.2, -0.15) is 0 Å². The third-order valence-corrected chi connectivity index (χ3v) is 7.14. The maximum Gasteiger partial charge on any atom is 0.322 e. The summed E-state index contributed by atoms with van der Waals surface area (Å²) in [6, 6.07) is 9.74. The second-order valence-corrected chi connectivity index (χ2v) is 8.14. The van der Waals surface area contributed by atoms with Crippen molar-refractivity contribution < 1.29 is 28.6 Å². The van der Waals surface area contributed by atoms with E-state index >= 15 is 0 Å². The number of carbonyl (C=O) groups excluding carboxylic acids is 3. The van der Waals surface area contributed by atoms with E-state index in [9.17, 15) is 14.4 Å². The van der Waals surface area contributed by atoms with Gasteiger partial charge in [-0.25, -0.2) is 0 Å². The molecule has 4 rings (SSSR count). The lowest BCUT2D eigenvalue weighted by molar-refractivity contribution is -0.188. The minimum atomic E-state index is -1.23. The Morgan fingerprint density at radius 3 is 2.54 bits per heavy atom. The highest BCUT2D eigenvalue weighted by Gasteiger charge is 2.74. The lowest BCUT2D eigenvalue weighted by Gasteiger charge is -2.49. The van der Waals surface area contributed by atoms with Gasteiger partial charge in [0.25, 0.3) is 0 Å². The Bertz CT molecular complexity index is 774. The smallest absolute Gasteiger partial charge is 0.322 e. The molecule has 28 heavy (non-hydrogen) atoms. The second-order valence-electron chi connectivity index (χ2n) is 8.14. The predicted molar refractivity (Wildman–Crippen MR) is 98.9 cm³/mol. The van der Waals surface area contributed by atoms with E-state index in [0.29, 0.717) is 19.4 Å². The largest absolute Gasteiger partial charge is 0.469 e. The van der Waals surface area contributed by atoms with Gasteiger partial charge in [-0.15, -0.1) is 0 Å². The first-order valence-electron chi connectivity index (χ1n) is 9.89. The lowest BCUT2D eigenvalue weighted by Crippen LogP contribution is -2.60. The van der Waals surface area contributed by atoms with Gasteiger partial charge in [-0.05, 0) is 42.6 Å². The number of methoxy groups -OCH3 is 2. The Hall–Kier alpha value is -2.21. The molecule has 6 atom stereocenters. The summed E-state index contributed by atoms with van der Waals surface area (Å²) >= 11 is 0. The molecule has 3 aliphatic rings. The number of carbonyl (C=O) groups is 3. The summed E-state index contributed by atoms with van der Waals surface area (Å²) in [6.07, 6.45) is 1.83. The average Bonchev–Trinajstić information content (AvgIpc) is 3.24.